The van der Waals surface area contributed by atoms with Crippen LogP contribution in [0.4, 0.5) is 20.4 Å². The number of nitrogens with one attached hydrogen (secondary N) is 3. The molecule has 2 aliphatic heterocycles. The second-order valence-electron chi connectivity index (χ2n) is 10.9. The van der Waals surface area contributed by atoms with Crippen LogP contribution >= 0.6 is 11.6 Å². The number of amides is 2. The van der Waals surface area contributed by atoms with Gasteiger partial charge in [0, 0.05) is 54.9 Å². The summed E-state index contributed by atoms with van der Waals surface area (Å²) in [6, 6.07) is 10.7. The lowest BCUT2D eigenvalue weighted by Gasteiger charge is -2.40. The third kappa shape index (κ3) is 5.76. The molecule has 0 bridgehead atoms. The van der Waals surface area contributed by atoms with E-state index in [1.807, 2.05) is 6.08 Å². The SMILES string of the molecule is CNC(=O)C1(NC)CCN(C(=O)c2ccc(Nc3ncc4c(n3)C3=CN=C(Cl)C=C(c5c(F)cccc5F)C3=CC4)cc2)CC1. The Hall–Kier alpha value is -4.74. The molecule has 1 aromatic heterocycles. The number of allylic oxidation sites excluding steroid dienone is 5. The highest BCUT2D eigenvalue weighted by Gasteiger charge is 2.40. The Balaban J connectivity index is 1.19. The maximum atomic E-state index is 14.8. The first-order chi connectivity index (χ1) is 21.7. The van der Waals surface area contributed by atoms with Crippen molar-refractivity contribution in [1.82, 2.24) is 25.5 Å². The molecule has 3 heterocycles. The molecule has 230 valence electrons. The zero-order valence-electron chi connectivity index (χ0n) is 24.6. The summed E-state index contributed by atoms with van der Waals surface area (Å²) in [7, 11) is 3.37. The lowest BCUT2D eigenvalue weighted by atomic mass is 9.84. The molecule has 2 aromatic carbocycles. The molecule has 3 N–H and O–H groups in total. The molecule has 2 amide bonds. The van der Waals surface area contributed by atoms with Gasteiger partial charge in [-0.2, -0.15) is 0 Å². The standard InChI is InChI=1S/C33H30ClF2N7O2/c1-37-31(45)33(38-2)12-14-43(15-13-33)30(44)19-6-9-21(10-7-19)41-32-40-17-20-8-11-22-23(28-25(35)4-3-5-26(28)36)16-27(34)39-18-24(22)29(20)42-32/h3-7,9-11,16-18,38H,8,12-15H2,1-2H3,(H,37,45)(H,40,41,42). The number of nitrogens with zero attached hydrogens (tertiary/aromatic N) is 4. The van der Waals surface area contributed by atoms with Crippen LogP contribution in [0.15, 0.2) is 77.6 Å². The second kappa shape index (κ2) is 12.3. The number of aromatic nitrogens is 2. The highest BCUT2D eigenvalue weighted by atomic mass is 35.5. The molecule has 45 heavy (non-hydrogen) atoms. The molecule has 1 fully saturated rings. The summed E-state index contributed by atoms with van der Waals surface area (Å²) in [5.41, 5.74) is 3.11. The number of halogens is 3. The van der Waals surface area contributed by atoms with Gasteiger partial charge in [0.2, 0.25) is 11.9 Å². The molecule has 6 rings (SSSR count). The van der Waals surface area contributed by atoms with Crippen LogP contribution in [0, 0.1) is 11.6 Å². The van der Waals surface area contributed by atoms with Crippen molar-refractivity contribution in [2.24, 2.45) is 4.99 Å². The maximum Gasteiger partial charge on any atom is 0.253 e. The van der Waals surface area contributed by atoms with E-state index >= 15 is 0 Å². The number of carbonyl (C=O) groups excluding carboxylic acids is 2. The number of anilines is 2. The van der Waals surface area contributed by atoms with Gasteiger partial charge in [0.1, 0.15) is 22.3 Å². The molecule has 1 aliphatic carbocycles. The number of benzene rings is 2. The Kier molecular flexibility index (Phi) is 8.30. The van der Waals surface area contributed by atoms with Crippen molar-refractivity contribution in [3.05, 3.63) is 107 Å². The quantitative estimate of drug-likeness (QED) is 0.354. The van der Waals surface area contributed by atoms with Gasteiger partial charge in [-0.1, -0.05) is 23.7 Å². The molecule has 0 spiro atoms. The maximum absolute atomic E-state index is 14.8. The van der Waals surface area contributed by atoms with E-state index in [1.165, 1.54) is 24.3 Å². The molecule has 3 aliphatic rings. The minimum absolute atomic E-state index is 0.0769. The van der Waals surface area contributed by atoms with Crippen molar-refractivity contribution in [3.8, 4) is 0 Å². The molecule has 0 saturated carbocycles. The zero-order chi connectivity index (χ0) is 31.7. The fourth-order valence-corrected chi connectivity index (χ4v) is 6.09. The van der Waals surface area contributed by atoms with Crippen molar-refractivity contribution < 1.29 is 18.4 Å². The Morgan fingerprint density at radius 3 is 2.36 bits per heavy atom. The van der Waals surface area contributed by atoms with E-state index in [0.717, 1.165) is 5.56 Å². The second-order valence-corrected chi connectivity index (χ2v) is 11.3. The summed E-state index contributed by atoms with van der Waals surface area (Å²) in [6.45, 7) is 0.913. The summed E-state index contributed by atoms with van der Waals surface area (Å²) in [5.74, 6) is -1.30. The fraction of sp³-hybridized carbons (Fsp3) is 0.242. The van der Waals surface area contributed by atoms with Crippen molar-refractivity contribution >= 4 is 51.4 Å². The van der Waals surface area contributed by atoms with Crippen LogP contribution in [0.2, 0.25) is 0 Å². The van der Waals surface area contributed by atoms with Gasteiger partial charge < -0.3 is 20.9 Å². The first-order valence-electron chi connectivity index (χ1n) is 14.5. The van der Waals surface area contributed by atoms with E-state index in [-0.39, 0.29) is 28.1 Å². The number of hydrogen-bond donors (Lipinski definition) is 3. The molecule has 0 unspecified atom stereocenters. The number of aliphatic imine (C=N–C) groups is 1. The number of likely N-dealkylation sites (tertiary alicyclic amines) is 1. The van der Waals surface area contributed by atoms with E-state index in [2.05, 4.69) is 25.9 Å². The van der Waals surface area contributed by atoms with Crippen molar-refractivity contribution in [2.45, 2.75) is 24.8 Å². The first-order valence-corrected chi connectivity index (χ1v) is 14.8. The first kappa shape index (κ1) is 30.3. The van der Waals surface area contributed by atoms with E-state index in [1.54, 1.807) is 55.7 Å². The van der Waals surface area contributed by atoms with Gasteiger partial charge in [0.25, 0.3) is 5.91 Å². The van der Waals surface area contributed by atoms with Crippen LogP contribution in [0.1, 0.15) is 40.0 Å². The monoisotopic (exact) mass is 629 g/mol. The number of likely N-dealkylation sites (N-methyl/N-ethyl adjacent to an activating group) is 2. The molecule has 0 atom stereocenters. The number of rotatable bonds is 6. The minimum atomic E-state index is -0.708. The van der Waals surface area contributed by atoms with Crippen LogP contribution in [-0.2, 0) is 11.2 Å². The topological polar surface area (TPSA) is 112 Å². The van der Waals surface area contributed by atoms with Gasteiger partial charge in [-0.25, -0.2) is 23.7 Å². The predicted molar refractivity (Wildman–Crippen MR) is 170 cm³/mol. The van der Waals surface area contributed by atoms with Crippen molar-refractivity contribution in [2.75, 3.05) is 32.5 Å². The zero-order valence-corrected chi connectivity index (χ0v) is 25.4. The largest absolute Gasteiger partial charge is 0.358 e. The summed E-state index contributed by atoms with van der Waals surface area (Å²) in [6.07, 6.45) is 8.03. The number of carbonyl (C=O) groups is 2. The molecule has 1 saturated heterocycles. The van der Waals surface area contributed by atoms with E-state index in [0.29, 0.717) is 66.4 Å². The van der Waals surface area contributed by atoms with Crippen LogP contribution in [0.3, 0.4) is 0 Å². The molecule has 9 nitrogen and oxygen atoms in total. The molecular formula is C33H30ClF2N7O2. The normalized spacial score (nSPS) is 17.0. The Labute approximate surface area is 263 Å². The molecule has 3 aromatic rings. The average Bonchev–Trinajstić information content (AvgIpc) is 3.23. The lowest BCUT2D eigenvalue weighted by molar-refractivity contribution is -0.128. The van der Waals surface area contributed by atoms with E-state index in [9.17, 15) is 18.4 Å². The predicted octanol–water partition coefficient (Wildman–Crippen LogP) is 5.00. The molecular weight excluding hydrogens is 600 g/mol. The van der Waals surface area contributed by atoms with Gasteiger partial charge in [-0.05, 0) is 79.9 Å². The third-order valence-corrected chi connectivity index (χ3v) is 8.68. The molecule has 0 radical (unpaired) electrons. The summed E-state index contributed by atoms with van der Waals surface area (Å²) >= 11 is 6.29. The Morgan fingerprint density at radius 1 is 0.978 bits per heavy atom. The summed E-state index contributed by atoms with van der Waals surface area (Å²) < 4.78 is 29.7. The molecule has 12 heteroatoms. The van der Waals surface area contributed by atoms with Crippen molar-refractivity contribution in [3.63, 3.8) is 0 Å². The van der Waals surface area contributed by atoms with Crippen LogP contribution in [0.25, 0.3) is 11.1 Å². The lowest BCUT2D eigenvalue weighted by Crippen LogP contribution is -2.60. The Bertz CT molecular complexity index is 1790. The third-order valence-electron chi connectivity index (χ3n) is 8.47. The van der Waals surface area contributed by atoms with Gasteiger partial charge in [0.15, 0.2) is 0 Å². The summed E-state index contributed by atoms with van der Waals surface area (Å²) in [5, 5.41) is 9.09. The van der Waals surface area contributed by atoms with Crippen LogP contribution < -0.4 is 16.0 Å². The Morgan fingerprint density at radius 2 is 1.69 bits per heavy atom. The minimum Gasteiger partial charge on any atom is -0.358 e. The van der Waals surface area contributed by atoms with E-state index in [4.69, 9.17) is 16.6 Å². The van der Waals surface area contributed by atoms with Gasteiger partial charge in [-0.15, -0.1) is 0 Å². The van der Waals surface area contributed by atoms with Gasteiger partial charge >= 0.3 is 0 Å². The number of piperidine rings is 1. The average molecular weight is 630 g/mol. The highest BCUT2D eigenvalue weighted by Crippen LogP contribution is 2.41. The van der Waals surface area contributed by atoms with Crippen LogP contribution in [0.5, 0.6) is 0 Å². The number of hydrogen-bond acceptors (Lipinski definition) is 7. The van der Waals surface area contributed by atoms with Crippen LogP contribution in [-0.4, -0.2) is 64.6 Å². The van der Waals surface area contributed by atoms with Crippen molar-refractivity contribution in [1.29, 1.82) is 0 Å². The van der Waals surface area contributed by atoms with E-state index < -0.39 is 17.2 Å². The van der Waals surface area contributed by atoms with Gasteiger partial charge in [0.05, 0.1) is 11.3 Å². The summed E-state index contributed by atoms with van der Waals surface area (Å²) in [4.78, 5) is 40.8. The number of fused-ring (bicyclic) bond motifs is 3. The smallest absolute Gasteiger partial charge is 0.253 e. The van der Waals surface area contributed by atoms with Gasteiger partial charge in [-0.3, -0.25) is 9.59 Å². The fourth-order valence-electron chi connectivity index (χ4n) is 5.94. The highest BCUT2D eigenvalue weighted by molar-refractivity contribution is 6.69.